The summed E-state index contributed by atoms with van der Waals surface area (Å²) < 4.78 is 0.805. The Morgan fingerprint density at radius 2 is 1.81 bits per heavy atom. The number of nitrogens with zero attached hydrogens (tertiary/aromatic N) is 4. The molecule has 1 atom stereocenters. The largest absolute Gasteiger partial charge is 0.358 e. The van der Waals surface area contributed by atoms with Crippen molar-refractivity contribution in [2.24, 2.45) is 0 Å². The molecule has 132 valence electrons. The summed E-state index contributed by atoms with van der Waals surface area (Å²) in [7, 11) is 0. The number of halogens is 1. The Labute approximate surface area is 158 Å². The first-order valence-corrected chi connectivity index (χ1v) is 8.53. The third-order valence-electron chi connectivity index (χ3n) is 3.63. The molecule has 26 heavy (non-hydrogen) atoms. The number of pyridine rings is 1. The summed E-state index contributed by atoms with van der Waals surface area (Å²) in [4.78, 5) is 23.3. The number of hydrogen-bond donors (Lipinski definition) is 2. The average Bonchev–Trinajstić information content (AvgIpc) is 2.64. The van der Waals surface area contributed by atoms with Crippen LogP contribution in [0.25, 0.3) is 0 Å². The Morgan fingerprint density at radius 3 is 2.46 bits per heavy atom. The van der Waals surface area contributed by atoms with Gasteiger partial charge in [-0.15, -0.1) is 0 Å². The van der Waals surface area contributed by atoms with E-state index < -0.39 is 4.92 Å². The molecular weight excluding hydrogens is 400 g/mol. The summed E-state index contributed by atoms with van der Waals surface area (Å²) in [6.45, 7) is 1.91. The van der Waals surface area contributed by atoms with Gasteiger partial charge in [0.25, 0.3) is 0 Å². The smallest absolute Gasteiger partial charge is 0.353 e. The Bertz CT molecular complexity index is 905. The van der Waals surface area contributed by atoms with Crippen LogP contribution in [0.3, 0.4) is 0 Å². The lowest BCUT2D eigenvalue weighted by atomic mass is 10.1. The van der Waals surface area contributed by atoms with E-state index in [-0.39, 0.29) is 23.4 Å². The molecule has 0 aliphatic rings. The van der Waals surface area contributed by atoms with E-state index >= 15 is 0 Å². The third-order valence-corrected chi connectivity index (χ3v) is 4.10. The maximum atomic E-state index is 11.6. The van der Waals surface area contributed by atoms with Crippen molar-refractivity contribution < 1.29 is 4.92 Å². The Balaban J connectivity index is 1.91. The molecule has 8 nitrogen and oxygen atoms in total. The van der Waals surface area contributed by atoms with Crippen molar-refractivity contribution in [3.05, 3.63) is 75.1 Å². The number of rotatable bonds is 6. The van der Waals surface area contributed by atoms with E-state index in [0.29, 0.717) is 5.82 Å². The Hall–Kier alpha value is -3.07. The van der Waals surface area contributed by atoms with Crippen molar-refractivity contribution in [1.29, 1.82) is 0 Å². The molecule has 2 N–H and O–H groups in total. The van der Waals surface area contributed by atoms with Crippen LogP contribution in [0.2, 0.25) is 0 Å². The first kappa shape index (κ1) is 17.7. The summed E-state index contributed by atoms with van der Waals surface area (Å²) in [6, 6.07) is 12.9. The SMILES string of the molecule is CC(Nc1ncnc(Nc2ccc(Br)cn2)c1[N+](=O)[O-])c1ccccc1. The predicted molar refractivity (Wildman–Crippen MR) is 102 cm³/mol. The van der Waals surface area contributed by atoms with Crippen LogP contribution in [-0.2, 0) is 0 Å². The molecule has 3 rings (SSSR count). The highest BCUT2D eigenvalue weighted by Crippen LogP contribution is 2.32. The van der Waals surface area contributed by atoms with Gasteiger partial charge in [-0.1, -0.05) is 30.3 Å². The van der Waals surface area contributed by atoms with Gasteiger partial charge in [0.1, 0.15) is 12.1 Å². The minimum Gasteiger partial charge on any atom is -0.358 e. The van der Waals surface area contributed by atoms with Crippen LogP contribution in [0.4, 0.5) is 23.1 Å². The average molecular weight is 415 g/mol. The van der Waals surface area contributed by atoms with E-state index in [1.54, 1.807) is 18.3 Å². The number of benzene rings is 1. The molecule has 9 heteroatoms. The predicted octanol–water partition coefficient (Wildman–Crippen LogP) is 4.46. The minimum absolute atomic E-state index is 0.0718. The fourth-order valence-electron chi connectivity index (χ4n) is 2.35. The zero-order valence-electron chi connectivity index (χ0n) is 13.8. The molecule has 0 amide bonds. The molecule has 0 saturated carbocycles. The van der Waals surface area contributed by atoms with Gasteiger partial charge >= 0.3 is 5.69 Å². The fraction of sp³-hybridized carbons (Fsp3) is 0.118. The normalized spacial score (nSPS) is 11.6. The van der Waals surface area contributed by atoms with Gasteiger partial charge in [0.05, 0.1) is 11.0 Å². The molecule has 3 aromatic rings. The van der Waals surface area contributed by atoms with Crippen molar-refractivity contribution in [1.82, 2.24) is 15.0 Å². The summed E-state index contributed by atoms with van der Waals surface area (Å²) in [5.41, 5.74) is 0.754. The van der Waals surface area contributed by atoms with Crippen LogP contribution in [-0.4, -0.2) is 19.9 Å². The standard InChI is InChI=1S/C17H15BrN6O2/c1-11(12-5-3-2-4-6-12)22-16-15(24(25)26)17(21-10-20-16)23-14-8-7-13(18)9-19-14/h2-11H,1H3,(H2,19,20,21,22,23). The van der Waals surface area contributed by atoms with Gasteiger partial charge in [0.15, 0.2) is 0 Å². The molecule has 0 fully saturated rings. The lowest BCUT2D eigenvalue weighted by molar-refractivity contribution is -0.383. The second-order valence-corrected chi connectivity index (χ2v) is 6.36. The molecule has 1 aromatic carbocycles. The van der Waals surface area contributed by atoms with Gasteiger partial charge in [0, 0.05) is 10.7 Å². The van der Waals surface area contributed by atoms with Crippen molar-refractivity contribution in [3.63, 3.8) is 0 Å². The highest BCUT2D eigenvalue weighted by molar-refractivity contribution is 9.10. The minimum atomic E-state index is -0.513. The first-order chi connectivity index (χ1) is 12.5. The van der Waals surface area contributed by atoms with E-state index in [9.17, 15) is 10.1 Å². The maximum absolute atomic E-state index is 11.6. The molecular formula is C17H15BrN6O2. The monoisotopic (exact) mass is 414 g/mol. The van der Waals surface area contributed by atoms with Crippen molar-refractivity contribution in [3.8, 4) is 0 Å². The van der Waals surface area contributed by atoms with E-state index in [1.807, 2.05) is 37.3 Å². The number of aromatic nitrogens is 3. The van der Waals surface area contributed by atoms with Gasteiger partial charge in [-0.3, -0.25) is 10.1 Å². The van der Waals surface area contributed by atoms with E-state index in [4.69, 9.17) is 0 Å². The fourth-order valence-corrected chi connectivity index (χ4v) is 2.58. The molecule has 0 aliphatic heterocycles. The highest BCUT2D eigenvalue weighted by atomic mass is 79.9. The second kappa shape index (κ2) is 7.87. The zero-order valence-corrected chi connectivity index (χ0v) is 15.3. The van der Waals surface area contributed by atoms with E-state index in [0.717, 1.165) is 10.0 Å². The van der Waals surface area contributed by atoms with Crippen LogP contribution in [0.1, 0.15) is 18.5 Å². The molecule has 0 bridgehead atoms. The topological polar surface area (TPSA) is 106 Å². The van der Waals surface area contributed by atoms with Crippen LogP contribution in [0.15, 0.2) is 59.5 Å². The molecule has 0 radical (unpaired) electrons. The quantitative estimate of drug-likeness (QED) is 0.452. The first-order valence-electron chi connectivity index (χ1n) is 7.74. The summed E-state index contributed by atoms with van der Waals surface area (Å²) in [6.07, 6.45) is 2.86. The maximum Gasteiger partial charge on any atom is 0.353 e. The lowest BCUT2D eigenvalue weighted by Crippen LogP contribution is -2.12. The van der Waals surface area contributed by atoms with Gasteiger partial charge in [-0.2, -0.15) is 0 Å². The summed E-state index contributed by atoms with van der Waals surface area (Å²) in [5.74, 6) is 0.653. The molecule has 2 heterocycles. The molecule has 2 aromatic heterocycles. The van der Waals surface area contributed by atoms with Crippen molar-refractivity contribution >= 4 is 39.1 Å². The third kappa shape index (κ3) is 4.12. The molecule has 1 unspecified atom stereocenters. The van der Waals surface area contributed by atoms with Crippen LogP contribution in [0, 0.1) is 10.1 Å². The van der Waals surface area contributed by atoms with Crippen LogP contribution >= 0.6 is 15.9 Å². The van der Waals surface area contributed by atoms with Crippen LogP contribution < -0.4 is 10.6 Å². The molecule has 0 spiro atoms. The van der Waals surface area contributed by atoms with Gasteiger partial charge in [-0.25, -0.2) is 15.0 Å². The van der Waals surface area contributed by atoms with Crippen molar-refractivity contribution in [2.45, 2.75) is 13.0 Å². The second-order valence-electron chi connectivity index (χ2n) is 5.44. The molecule has 0 saturated heterocycles. The van der Waals surface area contributed by atoms with Gasteiger partial charge < -0.3 is 10.6 Å². The van der Waals surface area contributed by atoms with Gasteiger partial charge in [-0.05, 0) is 40.5 Å². The number of nitro groups is 1. The lowest BCUT2D eigenvalue weighted by Gasteiger charge is -2.15. The van der Waals surface area contributed by atoms with Gasteiger partial charge in [0.2, 0.25) is 11.6 Å². The highest BCUT2D eigenvalue weighted by Gasteiger charge is 2.24. The van der Waals surface area contributed by atoms with Crippen LogP contribution in [0.5, 0.6) is 0 Å². The zero-order chi connectivity index (χ0) is 18.5. The summed E-state index contributed by atoms with van der Waals surface area (Å²) in [5, 5.41) is 17.6. The Kier molecular flexibility index (Phi) is 5.37. The number of nitrogens with one attached hydrogen (secondary N) is 2. The number of hydrogen-bond acceptors (Lipinski definition) is 7. The Morgan fingerprint density at radius 1 is 1.08 bits per heavy atom. The van der Waals surface area contributed by atoms with Crippen molar-refractivity contribution in [2.75, 3.05) is 10.6 Å². The van der Waals surface area contributed by atoms with E-state index in [2.05, 4.69) is 41.5 Å². The van der Waals surface area contributed by atoms with E-state index in [1.165, 1.54) is 6.33 Å². The number of anilines is 3. The molecule has 0 aliphatic carbocycles. The summed E-state index contributed by atoms with van der Waals surface area (Å²) >= 11 is 3.30.